The number of quaternary nitrogens is 2. The molecule has 23 heavy (non-hydrogen) atoms. The number of rotatable bonds is 9. The number of hydrogen-bond acceptors (Lipinski definition) is 2. The van der Waals surface area contributed by atoms with E-state index in [0.717, 1.165) is 39.3 Å². The average molecular weight is 322 g/mol. The van der Waals surface area contributed by atoms with Gasteiger partial charge in [-0.05, 0) is 39.5 Å². The van der Waals surface area contributed by atoms with Crippen molar-refractivity contribution < 1.29 is 19.3 Å². The minimum absolute atomic E-state index is 0.209. The third kappa shape index (κ3) is 10.00. The zero-order valence-corrected chi connectivity index (χ0v) is 15.6. The number of carbonyl (C=O) groups excluding carboxylic acids is 1. The highest BCUT2D eigenvalue weighted by atomic mass is 16.5. The Morgan fingerprint density at radius 1 is 0.826 bits per heavy atom. The van der Waals surface area contributed by atoms with Crippen LogP contribution in [-0.2, 0) is 9.53 Å². The minimum Gasteiger partial charge on any atom is -0.469 e. The van der Waals surface area contributed by atoms with Gasteiger partial charge in [0.05, 0.1) is 39.2 Å². The van der Waals surface area contributed by atoms with Crippen molar-refractivity contribution in [1.29, 1.82) is 0 Å². The van der Waals surface area contributed by atoms with Crippen LogP contribution in [0.4, 0.5) is 0 Å². The SMILES string of the molecule is CC[NH+](CC)CC#CCC(CC#CC[NH+](CC)CC)C(=O)OC. The molecule has 0 unspecified atom stereocenters. The van der Waals surface area contributed by atoms with E-state index in [0.29, 0.717) is 12.8 Å². The molecule has 4 heteroatoms. The van der Waals surface area contributed by atoms with E-state index in [4.69, 9.17) is 4.74 Å². The van der Waals surface area contributed by atoms with Crippen molar-refractivity contribution >= 4 is 5.97 Å². The molecule has 0 fully saturated rings. The lowest BCUT2D eigenvalue weighted by Gasteiger charge is -2.11. The lowest BCUT2D eigenvalue weighted by Crippen LogP contribution is -3.11. The van der Waals surface area contributed by atoms with Crippen LogP contribution in [0, 0.1) is 29.6 Å². The van der Waals surface area contributed by atoms with Crippen LogP contribution in [0.25, 0.3) is 0 Å². The average Bonchev–Trinajstić information content (AvgIpc) is 2.59. The van der Waals surface area contributed by atoms with Crippen LogP contribution in [0.2, 0.25) is 0 Å². The molecule has 0 bridgehead atoms. The number of hydrogen-bond donors (Lipinski definition) is 2. The second kappa shape index (κ2) is 14.1. The molecule has 0 aliphatic rings. The van der Waals surface area contributed by atoms with E-state index < -0.39 is 0 Å². The number of methoxy groups -OCH3 is 1. The molecule has 0 aliphatic heterocycles. The van der Waals surface area contributed by atoms with E-state index in [-0.39, 0.29) is 11.9 Å². The van der Waals surface area contributed by atoms with Crippen LogP contribution in [0.5, 0.6) is 0 Å². The summed E-state index contributed by atoms with van der Waals surface area (Å²) in [5.74, 6) is 12.2. The van der Waals surface area contributed by atoms with Crippen LogP contribution in [0.15, 0.2) is 0 Å². The molecule has 0 rings (SSSR count). The van der Waals surface area contributed by atoms with Crippen LogP contribution in [-0.4, -0.2) is 52.3 Å². The predicted octanol–water partition coefficient (Wildman–Crippen LogP) is -0.588. The Hall–Kier alpha value is -1.49. The molecule has 0 aromatic rings. The maximum atomic E-state index is 11.8. The molecule has 2 N–H and O–H groups in total. The molecule has 0 radical (unpaired) electrons. The molecular formula is C19H34N2O2+2. The normalized spacial score (nSPS) is 10.3. The second-order valence-corrected chi connectivity index (χ2v) is 5.60. The minimum atomic E-state index is -0.238. The molecule has 0 spiro atoms. The quantitative estimate of drug-likeness (QED) is 0.440. The molecule has 0 atom stereocenters. The van der Waals surface area contributed by atoms with Crippen molar-refractivity contribution in [1.82, 2.24) is 0 Å². The summed E-state index contributed by atoms with van der Waals surface area (Å²) < 4.78 is 4.87. The van der Waals surface area contributed by atoms with Gasteiger partial charge in [0.25, 0.3) is 0 Å². The summed E-state index contributed by atoms with van der Waals surface area (Å²) in [5, 5.41) is 0. The monoisotopic (exact) mass is 322 g/mol. The van der Waals surface area contributed by atoms with Gasteiger partial charge in [-0.25, -0.2) is 0 Å². The topological polar surface area (TPSA) is 35.2 Å². The van der Waals surface area contributed by atoms with Crippen molar-refractivity contribution in [2.24, 2.45) is 5.92 Å². The third-order valence-electron chi connectivity index (χ3n) is 4.16. The number of nitrogens with one attached hydrogen (secondary N) is 2. The van der Waals surface area contributed by atoms with Crippen LogP contribution >= 0.6 is 0 Å². The van der Waals surface area contributed by atoms with Gasteiger partial charge < -0.3 is 14.5 Å². The first-order chi connectivity index (χ1) is 11.1. The summed E-state index contributed by atoms with van der Waals surface area (Å²) in [6.45, 7) is 14.6. The fraction of sp³-hybridized carbons (Fsp3) is 0.737. The molecule has 0 saturated heterocycles. The van der Waals surface area contributed by atoms with E-state index in [2.05, 4.69) is 51.4 Å². The van der Waals surface area contributed by atoms with Crippen molar-refractivity contribution in [2.75, 3.05) is 46.4 Å². The Balaban J connectivity index is 4.47. The zero-order chi connectivity index (χ0) is 17.5. The lowest BCUT2D eigenvalue weighted by atomic mass is 10.0. The smallest absolute Gasteiger partial charge is 0.310 e. The Kier molecular flexibility index (Phi) is 13.2. The summed E-state index contributed by atoms with van der Waals surface area (Å²) in [4.78, 5) is 14.7. The molecule has 0 saturated carbocycles. The maximum Gasteiger partial charge on any atom is 0.310 e. The Morgan fingerprint density at radius 2 is 1.22 bits per heavy atom. The van der Waals surface area contributed by atoms with Gasteiger partial charge in [-0.2, -0.15) is 0 Å². The van der Waals surface area contributed by atoms with E-state index >= 15 is 0 Å². The Labute approximate surface area is 142 Å². The zero-order valence-electron chi connectivity index (χ0n) is 15.6. The molecule has 0 amide bonds. The first kappa shape index (κ1) is 21.5. The van der Waals surface area contributed by atoms with Crippen molar-refractivity contribution in [3.05, 3.63) is 0 Å². The van der Waals surface area contributed by atoms with E-state index in [1.54, 1.807) is 0 Å². The lowest BCUT2D eigenvalue weighted by molar-refractivity contribution is -0.889. The summed E-state index contributed by atoms with van der Waals surface area (Å²) in [5.41, 5.74) is 0. The summed E-state index contributed by atoms with van der Waals surface area (Å²) in [6, 6.07) is 0. The van der Waals surface area contributed by atoms with Gasteiger partial charge in [0, 0.05) is 12.8 Å². The molecule has 4 nitrogen and oxygen atoms in total. The number of carbonyl (C=O) groups is 1. The second-order valence-electron chi connectivity index (χ2n) is 5.60. The van der Waals surface area contributed by atoms with Gasteiger partial charge in [-0.1, -0.05) is 11.8 Å². The van der Waals surface area contributed by atoms with Crippen molar-refractivity contribution in [2.45, 2.75) is 40.5 Å². The molecule has 0 aliphatic carbocycles. The molecule has 0 heterocycles. The predicted molar refractivity (Wildman–Crippen MR) is 94.1 cm³/mol. The maximum absolute atomic E-state index is 11.8. The van der Waals surface area contributed by atoms with Crippen LogP contribution in [0.1, 0.15) is 40.5 Å². The summed E-state index contributed by atoms with van der Waals surface area (Å²) in [7, 11) is 1.43. The Morgan fingerprint density at radius 3 is 1.52 bits per heavy atom. The van der Waals surface area contributed by atoms with Gasteiger partial charge in [0.2, 0.25) is 0 Å². The van der Waals surface area contributed by atoms with E-state index in [1.807, 2.05) is 0 Å². The highest BCUT2D eigenvalue weighted by Gasteiger charge is 2.16. The Bertz CT molecular complexity index is 398. The highest BCUT2D eigenvalue weighted by Crippen LogP contribution is 2.08. The van der Waals surface area contributed by atoms with Crippen molar-refractivity contribution in [3.8, 4) is 23.7 Å². The molecule has 0 aromatic heterocycles. The fourth-order valence-electron chi connectivity index (χ4n) is 2.17. The molecule has 0 aromatic carbocycles. The number of esters is 1. The largest absolute Gasteiger partial charge is 0.469 e. The van der Waals surface area contributed by atoms with Crippen LogP contribution in [0.3, 0.4) is 0 Å². The van der Waals surface area contributed by atoms with Crippen molar-refractivity contribution in [3.63, 3.8) is 0 Å². The summed E-state index contributed by atoms with van der Waals surface area (Å²) >= 11 is 0. The van der Waals surface area contributed by atoms with Gasteiger partial charge in [-0.3, -0.25) is 4.79 Å². The van der Waals surface area contributed by atoms with E-state index in [1.165, 1.54) is 16.9 Å². The number of ether oxygens (including phenoxy) is 1. The van der Waals surface area contributed by atoms with Gasteiger partial charge in [-0.15, -0.1) is 0 Å². The first-order valence-corrected chi connectivity index (χ1v) is 8.79. The van der Waals surface area contributed by atoms with Gasteiger partial charge >= 0.3 is 5.97 Å². The van der Waals surface area contributed by atoms with E-state index in [9.17, 15) is 4.79 Å². The third-order valence-corrected chi connectivity index (χ3v) is 4.16. The van der Waals surface area contributed by atoms with Gasteiger partial charge in [0.1, 0.15) is 13.1 Å². The molecule has 130 valence electrons. The first-order valence-electron chi connectivity index (χ1n) is 8.79. The van der Waals surface area contributed by atoms with Crippen LogP contribution < -0.4 is 9.80 Å². The van der Waals surface area contributed by atoms with Gasteiger partial charge in [0.15, 0.2) is 0 Å². The standard InChI is InChI=1S/C19H32N2O2/c1-6-20(7-2)16-12-10-14-18(19(22)23-5)15-11-13-17-21(8-3)9-4/h18H,6-9,14-17H2,1-5H3/p+2. The highest BCUT2D eigenvalue weighted by molar-refractivity contribution is 5.73. The summed E-state index contributed by atoms with van der Waals surface area (Å²) in [6.07, 6.45) is 1.06. The fourth-order valence-corrected chi connectivity index (χ4v) is 2.17. The molecular weight excluding hydrogens is 288 g/mol.